The van der Waals surface area contributed by atoms with Crippen LogP contribution in [0.1, 0.15) is 0 Å². The lowest BCUT2D eigenvalue weighted by Gasteiger charge is -1.98. The Morgan fingerprint density at radius 1 is 1.18 bits per heavy atom. The monoisotopic (exact) mass is 254 g/mol. The Bertz CT molecular complexity index is 645. The number of fused-ring (bicyclic) bond motifs is 1. The third kappa shape index (κ3) is 1.97. The average molecular weight is 255 g/mol. The molecule has 17 heavy (non-hydrogen) atoms. The zero-order valence-electron chi connectivity index (χ0n) is 8.03. The van der Waals surface area contributed by atoms with Crippen molar-refractivity contribution in [1.82, 2.24) is 9.97 Å². The van der Waals surface area contributed by atoms with Crippen molar-refractivity contribution in [1.29, 1.82) is 0 Å². The summed E-state index contributed by atoms with van der Waals surface area (Å²) in [6.45, 7) is 0. The van der Waals surface area contributed by atoms with E-state index in [0.29, 0.717) is 0 Å². The fourth-order valence-electron chi connectivity index (χ4n) is 1.25. The first-order valence-corrected chi connectivity index (χ1v) is 4.62. The van der Waals surface area contributed by atoms with Gasteiger partial charge < -0.3 is 0 Å². The first kappa shape index (κ1) is 11.1. The normalized spacial score (nSPS) is 10.4. The lowest BCUT2D eigenvalue weighted by molar-refractivity contribution is -0.385. The molecule has 0 aromatic carbocycles. The van der Waals surface area contributed by atoms with E-state index in [0.717, 1.165) is 18.3 Å². The van der Waals surface area contributed by atoms with Gasteiger partial charge in [-0.05, 0) is 0 Å². The zero-order chi connectivity index (χ0) is 12.6. The van der Waals surface area contributed by atoms with Gasteiger partial charge in [-0.25, -0.2) is 9.97 Å². The SMILES string of the molecule is O=[N+]([O-])c1cnc2nc(Cl)c([N+](=O)[O-])cc2c1. The second-order valence-electron chi connectivity index (χ2n) is 3.05. The predicted molar refractivity (Wildman–Crippen MR) is 57.9 cm³/mol. The lowest BCUT2D eigenvalue weighted by atomic mass is 10.2. The van der Waals surface area contributed by atoms with E-state index < -0.39 is 15.5 Å². The number of nitro groups is 2. The summed E-state index contributed by atoms with van der Waals surface area (Å²) in [6.07, 6.45) is 1.01. The maximum absolute atomic E-state index is 10.6. The van der Waals surface area contributed by atoms with E-state index in [1.165, 1.54) is 0 Å². The van der Waals surface area contributed by atoms with E-state index in [4.69, 9.17) is 11.6 Å². The predicted octanol–water partition coefficient (Wildman–Crippen LogP) is 2.10. The molecule has 0 bridgehead atoms. The number of halogens is 1. The van der Waals surface area contributed by atoms with Gasteiger partial charge in [0.05, 0.1) is 9.85 Å². The van der Waals surface area contributed by atoms with Crippen LogP contribution in [-0.2, 0) is 0 Å². The van der Waals surface area contributed by atoms with E-state index in [-0.39, 0.29) is 21.9 Å². The topological polar surface area (TPSA) is 112 Å². The van der Waals surface area contributed by atoms with Gasteiger partial charge >= 0.3 is 5.69 Å². The molecule has 9 heteroatoms. The molecule has 8 nitrogen and oxygen atoms in total. The summed E-state index contributed by atoms with van der Waals surface area (Å²) in [5.41, 5.74) is -0.566. The fourth-order valence-corrected chi connectivity index (χ4v) is 1.45. The minimum Gasteiger partial charge on any atom is -0.258 e. The molecule has 0 spiro atoms. The van der Waals surface area contributed by atoms with Gasteiger partial charge in [0.25, 0.3) is 5.69 Å². The van der Waals surface area contributed by atoms with Gasteiger partial charge in [0.2, 0.25) is 5.15 Å². The van der Waals surface area contributed by atoms with E-state index in [1.807, 2.05) is 0 Å². The summed E-state index contributed by atoms with van der Waals surface area (Å²) in [7, 11) is 0. The summed E-state index contributed by atoms with van der Waals surface area (Å²) in [5, 5.41) is 21.0. The molecule has 0 atom stereocenters. The van der Waals surface area contributed by atoms with Gasteiger partial charge in [0, 0.05) is 17.5 Å². The Hall–Kier alpha value is -2.35. The van der Waals surface area contributed by atoms with Gasteiger partial charge in [0.1, 0.15) is 6.20 Å². The van der Waals surface area contributed by atoms with Crippen molar-refractivity contribution in [2.45, 2.75) is 0 Å². The second-order valence-corrected chi connectivity index (χ2v) is 3.41. The van der Waals surface area contributed by atoms with Crippen LogP contribution in [0.3, 0.4) is 0 Å². The molecule has 0 saturated carbocycles. The van der Waals surface area contributed by atoms with Gasteiger partial charge in [0.15, 0.2) is 5.65 Å². The Morgan fingerprint density at radius 2 is 1.88 bits per heavy atom. The summed E-state index contributed by atoms with van der Waals surface area (Å²) >= 11 is 5.57. The molecule has 0 saturated heterocycles. The van der Waals surface area contributed by atoms with Crippen molar-refractivity contribution >= 4 is 34.0 Å². The molecule has 86 valence electrons. The Balaban J connectivity index is 2.72. The van der Waals surface area contributed by atoms with Crippen LogP contribution >= 0.6 is 11.6 Å². The zero-order valence-corrected chi connectivity index (χ0v) is 8.79. The Kier molecular flexibility index (Phi) is 2.56. The van der Waals surface area contributed by atoms with Gasteiger partial charge in [-0.15, -0.1) is 0 Å². The number of hydrogen-bond donors (Lipinski definition) is 0. The molecule has 2 aromatic rings. The van der Waals surface area contributed by atoms with Gasteiger partial charge in [-0.2, -0.15) is 0 Å². The van der Waals surface area contributed by atoms with Crippen LogP contribution in [0.25, 0.3) is 11.0 Å². The molecule has 2 heterocycles. The Morgan fingerprint density at radius 3 is 2.47 bits per heavy atom. The van der Waals surface area contributed by atoms with Crippen molar-refractivity contribution in [3.8, 4) is 0 Å². The standard InChI is InChI=1S/C8H3ClN4O4/c9-7-6(13(16)17)2-4-1-5(12(14)15)3-10-8(4)11-7/h1-3H. The minimum absolute atomic E-state index is 0.117. The highest BCUT2D eigenvalue weighted by atomic mass is 35.5. The van der Waals surface area contributed by atoms with Crippen LogP contribution in [0.15, 0.2) is 18.3 Å². The molecule has 2 aromatic heterocycles. The third-order valence-corrected chi connectivity index (χ3v) is 2.27. The highest BCUT2D eigenvalue weighted by molar-refractivity contribution is 6.31. The summed E-state index contributed by atoms with van der Waals surface area (Å²) in [6, 6.07) is 2.25. The summed E-state index contributed by atoms with van der Waals surface area (Å²) in [5.74, 6) is 0. The number of pyridine rings is 2. The van der Waals surface area contributed by atoms with Crippen molar-refractivity contribution < 1.29 is 9.85 Å². The number of nitrogens with zero attached hydrogens (tertiary/aromatic N) is 4. The van der Waals surface area contributed by atoms with Crippen molar-refractivity contribution in [2.24, 2.45) is 0 Å². The fraction of sp³-hybridized carbons (Fsp3) is 0. The lowest BCUT2D eigenvalue weighted by Crippen LogP contribution is -1.95. The molecule has 0 amide bonds. The van der Waals surface area contributed by atoms with Gasteiger partial charge in [-0.3, -0.25) is 20.2 Å². The molecule has 0 fully saturated rings. The first-order valence-electron chi connectivity index (χ1n) is 4.24. The molecule has 0 aliphatic carbocycles. The highest BCUT2D eigenvalue weighted by Gasteiger charge is 2.17. The second kappa shape index (κ2) is 3.91. The Labute approximate surface area is 98.2 Å². The van der Waals surface area contributed by atoms with E-state index in [9.17, 15) is 20.2 Å². The smallest absolute Gasteiger partial charge is 0.258 e. The van der Waals surface area contributed by atoms with Crippen LogP contribution in [0, 0.1) is 20.2 Å². The maximum atomic E-state index is 10.6. The number of hydrogen-bond acceptors (Lipinski definition) is 6. The maximum Gasteiger partial charge on any atom is 0.307 e. The van der Waals surface area contributed by atoms with Crippen LogP contribution in [-0.4, -0.2) is 19.8 Å². The molecule has 0 radical (unpaired) electrons. The first-order chi connectivity index (χ1) is 7.99. The minimum atomic E-state index is -0.715. The number of aromatic nitrogens is 2. The summed E-state index contributed by atoms with van der Waals surface area (Å²) in [4.78, 5) is 27.2. The van der Waals surface area contributed by atoms with E-state index >= 15 is 0 Å². The molecule has 0 unspecified atom stereocenters. The highest BCUT2D eigenvalue weighted by Crippen LogP contribution is 2.27. The largest absolute Gasteiger partial charge is 0.307 e. The molecular weight excluding hydrogens is 252 g/mol. The molecular formula is C8H3ClN4O4. The van der Waals surface area contributed by atoms with Crippen molar-refractivity contribution in [3.05, 3.63) is 43.7 Å². The van der Waals surface area contributed by atoms with Crippen LogP contribution in [0.2, 0.25) is 5.15 Å². The molecule has 0 aliphatic heterocycles. The van der Waals surface area contributed by atoms with Crippen LogP contribution in [0.5, 0.6) is 0 Å². The van der Waals surface area contributed by atoms with Gasteiger partial charge in [-0.1, -0.05) is 11.6 Å². The van der Waals surface area contributed by atoms with E-state index in [2.05, 4.69) is 9.97 Å². The average Bonchev–Trinajstić information content (AvgIpc) is 2.27. The van der Waals surface area contributed by atoms with Crippen molar-refractivity contribution in [3.63, 3.8) is 0 Å². The molecule has 0 N–H and O–H groups in total. The number of rotatable bonds is 2. The van der Waals surface area contributed by atoms with E-state index in [1.54, 1.807) is 0 Å². The summed E-state index contributed by atoms with van der Waals surface area (Å²) < 4.78 is 0. The molecule has 0 aliphatic rings. The third-order valence-electron chi connectivity index (χ3n) is 2.00. The van der Waals surface area contributed by atoms with Crippen LogP contribution < -0.4 is 0 Å². The van der Waals surface area contributed by atoms with Crippen LogP contribution in [0.4, 0.5) is 11.4 Å². The molecule has 2 rings (SSSR count). The van der Waals surface area contributed by atoms with Crippen molar-refractivity contribution in [2.75, 3.05) is 0 Å². The quantitative estimate of drug-likeness (QED) is 0.461.